The molecule has 2 bridgehead atoms. The van der Waals surface area contributed by atoms with Gasteiger partial charge in [0.15, 0.2) is 0 Å². The quantitative estimate of drug-likeness (QED) is 0.155. The van der Waals surface area contributed by atoms with E-state index in [0.29, 0.717) is 5.92 Å². The lowest BCUT2D eigenvalue weighted by Gasteiger charge is -2.46. The van der Waals surface area contributed by atoms with Gasteiger partial charge in [-0.05, 0) is 219 Å². The summed E-state index contributed by atoms with van der Waals surface area (Å²) in [5.41, 5.74) is 25.2. The second-order valence-electron chi connectivity index (χ2n) is 27.7. The van der Waals surface area contributed by atoms with Crippen LogP contribution in [0.4, 0.5) is 51.4 Å². The van der Waals surface area contributed by atoms with E-state index in [2.05, 4.69) is 237 Å². The summed E-state index contributed by atoms with van der Waals surface area (Å²) in [6, 6.07) is 54.6. The lowest BCUT2D eigenvalue weighted by molar-refractivity contribution is 0.332. The normalized spacial score (nSPS) is 24.2. The molecular formula is C71H76BN3O. The first kappa shape index (κ1) is 48.0. The van der Waals surface area contributed by atoms with E-state index in [1.807, 2.05) is 0 Å². The molecule has 1 fully saturated rings. The average molecular weight is 998 g/mol. The topological polar surface area (TPSA) is 22.9 Å². The molecule has 4 atom stereocenters. The molecule has 4 unspecified atom stereocenters. The minimum absolute atomic E-state index is 0.0106. The molecule has 6 aliphatic rings. The zero-order valence-electron chi connectivity index (χ0n) is 47.3. The zero-order chi connectivity index (χ0) is 52.6. The predicted octanol–water partition coefficient (Wildman–Crippen LogP) is 17.9. The molecule has 2 aliphatic heterocycles. The van der Waals surface area contributed by atoms with Gasteiger partial charge in [0, 0.05) is 50.7 Å². The van der Waals surface area contributed by atoms with Crippen molar-refractivity contribution in [2.24, 2.45) is 0 Å². The number of benzene rings is 7. The summed E-state index contributed by atoms with van der Waals surface area (Å²) >= 11 is 0. The Labute approximate surface area is 453 Å². The van der Waals surface area contributed by atoms with Crippen molar-refractivity contribution in [2.75, 3.05) is 14.7 Å². The van der Waals surface area contributed by atoms with Crippen molar-refractivity contribution in [3.8, 4) is 0 Å². The van der Waals surface area contributed by atoms with Crippen LogP contribution in [-0.2, 0) is 32.5 Å². The maximum absolute atomic E-state index is 7.79. The van der Waals surface area contributed by atoms with Gasteiger partial charge in [-0.15, -0.1) is 0 Å². The van der Waals surface area contributed by atoms with Crippen LogP contribution in [0.2, 0.25) is 0 Å². The Bertz CT molecular complexity index is 3650. The van der Waals surface area contributed by atoms with Gasteiger partial charge in [0.05, 0.1) is 5.69 Å². The first-order valence-electron chi connectivity index (χ1n) is 28.9. The number of hydrogen-bond donors (Lipinski definition) is 0. The minimum Gasteiger partial charge on any atom is -0.440 e. The van der Waals surface area contributed by atoms with Crippen LogP contribution in [0.5, 0.6) is 0 Å². The van der Waals surface area contributed by atoms with Crippen LogP contribution in [0.25, 0.3) is 11.0 Å². The molecule has 76 heavy (non-hydrogen) atoms. The van der Waals surface area contributed by atoms with E-state index in [4.69, 9.17) is 4.42 Å². The molecule has 8 aromatic rings. The van der Waals surface area contributed by atoms with Gasteiger partial charge >= 0.3 is 0 Å². The number of anilines is 9. The first-order chi connectivity index (χ1) is 36.2. The number of furan rings is 1. The molecule has 7 aromatic carbocycles. The van der Waals surface area contributed by atoms with E-state index in [1.165, 1.54) is 116 Å². The highest BCUT2D eigenvalue weighted by atomic mass is 16.4. The highest BCUT2D eigenvalue weighted by Gasteiger charge is 2.55. The van der Waals surface area contributed by atoms with E-state index in [1.54, 1.807) is 5.56 Å². The molecule has 1 saturated carbocycles. The molecule has 384 valence electrons. The highest BCUT2D eigenvalue weighted by molar-refractivity contribution is 7.01. The summed E-state index contributed by atoms with van der Waals surface area (Å²) in [5, 5.41) is 1.27. The number of rotatable bonds is 6. The van der Waals surface area contributed by atoms with Crippen LogP contribution >= 0.6 is 0 Å². The zero-order valence-corrected chi connectivity index (χ0v) is 47.3. The third-order valence-corrected chi connectivity index (χ3v) is 20.8. The van der Waals surface area contributed by atoms with Crippen LogP contribution in [0.15, 0.2) is 144 Å². The van der Waals surface area contributed by atoms with Gasteiger partial charge in [-0.3, -0.25) is 4.90 Å². The smallest absolute Gasteiger partial charge is 0.257 e. The molecule has 4 aliphatic carbocycles. The van der Waals surface area contributed by atoms with E-state index < -0.39 is 0 Å². The van der Waals surface area contributed by atoms with Crippen molar-refractivity contribution in [1.29, 1.82) is 0 Å². The summed E-state index contributed by atoms with van der Waals surface area (Å²) in [7, 11) is 0. The molecule has 5 heteroatoms. The summed E-state index contributed by atoms with van der Waals surface area (Å²) < 4.78 is 7.79. The summed E-state index contributed by atoms with van der Waals surface area (Å²) in [5.74, 6) is 1.41. The summed E-state index contributed by atoms with van der Waals surface area (Å²) in [6.45, 7) is 29.2. The Balaban J connectivity index is 1.15. The van der Waals surface area contributed by atoms with Crippen LogP contribution in [-0.4, -0.2) is 6.71 Å². The molecule has 0 saturated heterocycles. The third kappa shape index (κ3) is 6.81. The van der Waals surface area contributed by atoms with Crippen molar-refractivity contribution >= 4 is 85.5 Å². The molecule has 0 radical (unpaired) electrons. The SMILES string of the molecule is CCC1(C)CCC(C)c2cc3c(cc21)B1c2c(cc(N(c4ccccc4)c4ccccc4)cc2N(c2ccc4c(c2)C(C)(C)CCC4(C)C)c2oc4cc5c(cc4c21)C1(C)CCC5(C)C1)N3c1ccc(C(C)(C)C)cc1. The van der Waals surface area contributed by atoms with E-state index in [-0.39, 0.29) is 39.2 Å². The van der Waals surface area contributed by atoms with Gasteiger partial charge in [0.2, 0.25) is 5.88 Å². The van der Waals surface area contributed by atoms with Crippen molar-refractivity contribution in [3.05, 3.63) is 178 Å². The highest BCUT2D eigenvalue weighted by Crippen LogP contribution is 2.62. The average Bonchev–Trinajstić information content (AvgIpc) is 3.92. The number of fused-ring (bicyclic) bond motifs is 13. The summed E-state index contributed by atoms with van der Waals surface area (Å²) in [4.78, 5) is 7.71. The lowest BCUT2D eigenvalue weighted by atomic mass is 9.33. The summed E-state index contributed by atoms with van der Waals surface area (Å²) in [6.07, 6.45) is 9.49. The van der Waals surface area contributed by atoms with Gasteiger partial charge < -0.3 is 14.2 Å². The Morgan fingerprint density at radius 3 is 1.80 bits per heavy atom. The molecule has 0 spiro atoms. The monoisotopic (exact) mass is 998 g/mol. The van der Waals surface area contributed by atoms with Crippen molar-refractivity contribution in [3.63, 3.8) is 0 Å². The Morgan fingerprint density at radius 2 is 1.17 bits per heavy atom. The second-order valence-corrected chi connectivity index (χ2v) is 27.7. The van der Waals surface area contributed by atoms with Crippen molar-refractivity contribution in [1.82, 2.24) is 0 Å². The Hall–Kier alpha value is -6.46. The van der Waals surface area contributed by atoms with Crippen LogP contribution < -0.4 is 31.1 Å². The van der Waals surface area contributed by atoms with Crippen LogP contribution in [0.3, 0.4) is 0 Å². The van der Waals surface area contributed by atoms with Gasteiger partial charge in [0.1, 0.15) is 5.58 Å². The number of para-hydroxylation sites is 2. The third-order valence-electron chi connectivity index (χ3n) is 20.8. The van der Waals surface area contributed by atoms with E-state index in [9.17, 15) is 0 Å². The van der Waals surface area contributed by atoms with Crippen molar-refractivity contribution in [2.45, 2.75) is 173 Å². The first-order valence-corrected chi connectivity index (χ1v) is 28.9. The largest absolute Gasteiger partial charge is 0.440 e. The fraction of sp³-hybridized carbons (Fsp3) is 0.380. The van der Waals surface area contributed by atoms with Gasteiger partial charge in [-0.25, -0.2) is 0 Å². The maximum atomic E-state index is 7.79. The molecule has 14 rings (SSSR count). The fourth-order valence-corrected chi connectivity index (χ4v) is 15.9. The Kier molecular flexibility index (Phi) is 10.1. The second kappa shape index (κ2) is 16.1. The molecular weight excluding hydrogens is 922 g/mol. The lowest BCUT2D eigenvalue weighted by Crippen LogP contribution is -2.61. The van der Waals surface area contributed by atoms with Crippen molar-refractivity contribution < 1.29 is 4.42 Å². The van der Waals surface area contributed by atoms with E-state index >= 15 is 0 Å². The Morgan fingerprint density at radius 1 is 0.566 bits per heavy atom. The molecule has 1 aromatic heterocycles. The van der Waals surface area contributed by atoms with Gasteiger partial charge in [-0.1, -0.05) is 144 Å². The maximum Gasteiger partial charge on any atom is 0.257 e. The van der Waals surface area contributed by atoms with Gasteiger partial charge in [0.25, 0.3) is 6.71 Å². The van der Waals surface area contributed by atoms with Crippen LogP contribution in [0, 0.1) is 0 Å². The van der Waals surface area contributed by atoms with Crippen LogP contribution in [0.1, 0.15) is 179 Å². The molecule has 0 amide bonds. The minimum atomic E-state index is -0.0924. The predicted molar refractivity (Wildman–Crippen MR) is 323 cm³/mol. The number of hydrogen-bond acceptors (Lipinski definition) is 4. The molecule has 4 nitrogen and oxygen atoms in total. The standard InChI is InChI=1S/C71H76BN3O/c1-13-69(10)31-30-44(2)51-40-59-58(41-54(51)69)72-63-52-39-56-57(71(12)35-34-70(56,11)43-71)42-62(52)76-65(63)75(49-28-29-53-55(36-49)68(8,9)33-32-67(53,6)7)61-38-50(73(46-20-16-14-17-21-46)47-22-18-15-19-23-47)37-60(64(61)72)74(59)48-26-24-45(25-27-48)66(3,4)5/h14-29,36-42,44H,13,30-35,43H2,1-12H3. The number of nitrogens with zero attached hydrogens (tertiary/aromatic N) is 3. The molecule has 3 heterocycles. The fourth-order valence-electron chi connectivity index (χ4n) is 15.9. The molecule has 0 N–H and O–H groups in total. The van der Waals surface area contributed by atoms with E-state index in [0.717, 1.165) is 47.1 Å². The van der Waals surface area contributed by atoms with Gasteiger partial charge in [-0.2, -0.15) is 0 Å².